The van der Waals surface area contributed by atoms with Crippen molar-refractivity contribution in [2.24, 2.45) is 0 Å². The van der Waals surface area contributed by atoms with E-state index in [1.165, 1.54) is 16.3 Å². The topological polar surface area (TPSA) is 29.5 Å². The largest absolute Gasteiger partial charge is 0.489 e. The van der Waals surface area contributed by atoms with Crippen molar-refractivity contribution in [1.29, 1.82) is 0 Å². The van der Waals surface area contributed by atoms with Crippen LogP contribution in [-0.4, -0.2) is 11.7 Å². The van der Waals surface area contributed by atoms with Gasteiger partial charge in [0.25, 0.3) is 0 Å². The number of para-hydroxylation sites is 1. The van der Waals surface area contributed by atoms with Gasteiger partial charge in [-0.15, -0.1) is 0 Å². The number of benzene rings is 3. The SMILES string of the molecule is OCCc1ccccc1OCc1cccc2ccccc12. The van der Waals surface area contributed by atoms with Crippen molar-refractivity contribution in [3.8, 4) is 5.75 Å². The number of fused-ring (bicyclic) bond motifs is 1. The highest BCUT2D eigenvalue weighted by Gasteiger charge is 2.05. The molecule has 1 N–H and O–H groups in total. The third-order valence-corrected chi connectivity index (χ3v) is 3.62. The summed E-state index contributed by atoms with van der Waals surface area (Å²) >= 11 is 0. The molecule has 0 amide bonds. The lowest BCUT2D eigenvalue weighted by Gasteiger charge is -2.12. The second-order valence-corrected chi connectivity index (χ2v) is 5.01. The predicted octanol–water partition coefficient (Wildman–Crippen LogP) is 3.95. The van der Waals surface area contributed by atoms with E-state index in [9.17, 15) is 0 Å². The summed E-state index contributed by atoms with van der Waals surface area (Å²) in [6, 6.07) is 22.5. The highest BCUT2D eigenvalue weighted by Crippen LogP contribution is 2.23. The number of rotatable bonds is 5. The average molecular weight is 278 g/mol. The van der Waals surface area contributed by atoms with E-state index >= 15 is 0 Å². The van der Waals surface area contributed by atoms with Crippen molar-refractivity contribution < 1.29 is 9.84 Å². The Morgan fingerprint density at radius 3 is 2.38 bits per heavy atom. The highest BCUT2D eigenvalue weighted by atomic mass is 16.5. The summed E-state index contributed by atoms with van der Waals surface area (Å²) in [4.78, 5) is 0. The molecule has 0 spiro atoms. The van der Waals surface area contributed by atoms with Crippen molar-refractivity contribution in [3.63, 3.8) is 0 Å². The summed E-state index contributed by atoms with van der Waals surface area (Å²) in [6.07, 6.45) is 0.617. The normalized spacial score (nSPS) is 10.7. The lowest BCUT2D eigenvalue weighted by Crippen LogP contribution is -2.00. The predicted molar refractivity (Wildman–Crippen MR) is 85.5 cm³/mol. The molecule has 3 aromatic rings. The molecule has 0 heterocycles. The van der Waals surface area contributed by atoms with Gasteiger partial charge in [0.1, 0.15) is 12.4 Å². The van der Waals surface area contributed by atoms with Gasteiger partial charge in [0.2, 0.25) is 0 Å². The van der Waals surface area contributed by atoms with Crippen LogP contribution in [0.15, 0.2) is 66.7 Å². The monoisotopic (exact) mass is 278 g/mol. The van der Waals surface area contributed by atoms with Gasteiger partial charge >= 0.3 is 0 Å². The van der Waals surface area contributed by atoms with E-state index in [-0.39, 0.29) is 6.61 Å². The molecule has 2 nitrogen and oxygen atoms in total. The van der Waals surface area contributed by atoms with E-state index in [1.807, 2.05) is 36.4 Å². The molecule has 0 aliphatic heterocycles. The molecule has 21 heavy (non-hydrogen) atoms. The van der Waals surface area contributed by atoms with E-state index in [4.69, 9.17) is 9.84 Å². The highest BCUT2D eigenvalue weighted by molar-refractivity contribution is 5.85. The fraction of sp³-hybridized carbons (Fsp3) is 0.158. The number of aliphatic hydroxyl groups is 1. The van der Waals surface area contributed by atoms with Crippen molar-refractivity contribution in [2.75, 3.05) is 6.61 Å². The van der Waals surface area contributed by atoms with Gasteiger partial charge in [0, 0.05) is 6.61 Å². The molecule has 0 saturated heterocycles. The number of aliphatic hydroxyl groups excluding tert-OH is 1. The van der Waals surface area contributed by atoms with Crippen LogP contribution >= 0.6 is 0 Å². The van der Waals surface area contributed by atoms with E-state index in [1.54, 1.807) is 0 Å². The Labute approximate surface area is 124 Å². The minimum atomic E-state index is 0.134. The zero-order valence-electron chi connectivity index (χ0n) is 11.8. The summed E-state index contributed by atoms with van der Waals surface area (Å²) in [6.45, 7) is 0.665. The van der Waals surface area contributed by atoms with Crippen LogP contribution in [0.25, 0.3) is 10.8 Å². The minimum absolute atomic E-state index is 0.134. The van der Waals surface area contributed by atoms with Crippen LogP contribution in [-0.2, 0) is 13.0 Å². The van der Waals surface area contributed by atoms with Crippen LogP contribution in [0.5, 0.6) is 5.75 Å². The number of ether oxygens (including phenoxy) is 1. The second-order valence-electron chi connectivity index (χ2n) is 5.01. The first kappa shape index (κ1) is 13.7. The maximum atomic E-state index is 9.12. The Bertz CT molecular complexity index is 729. The fourth-order valence-corrected chi connectivity index (χ4v) is 2.55. The first-order chi connectivity index (χ1) is 10.4. The third kappa shape index (κ3) is 3.06. The molecule has 106 valence electrons. The van der Waals surface area contributed by atoms with Gasteiger partial charge in [-0.05, 0) is 34.4 Å². The molecule has 3 rings (SSSR count). The lowest BCUT2D eigenvalue weighted by molar-refractivity contribution is 0.284. The second kappa shape index (κ2) is 6.42. The van der Waals surface area contributed by atoms with E-state index < -0.39 is 0 Å². The molecule has 0 aliphatic rings. The maximum absolute atomic E-state index is 9.12. The van der Waals surface area contributed by atoms with Crippen LogP contribution in [0.2, 0.25) is 0 Å². The van der Waals surface area contributed by atoms with Crippen molar-refractivity contribution in [3.05, 3.63) is 77.9 Å². The summed E-state index contributed by atoms with van der Waals surface area (Å²) in [5.41, 5.74) is 2.21. The summed E-state index contributed by atoms with van der Waals surface area (Å²) < 4.78 is 5.97. The van der Waals surface area contributed by atoms with Gasteiger partial charge in [-0.3, -0.25) is 0 Å². The van der Waals surface area contributed by atoms with E-state index in [0.29, 0.717) is 13.0 Å². The Morgan fingerprint density at radius 1 is 0.762 bits per heavy atom. The Morgan fingerprint density at radius 2 is 1.48 bits per heavy atom. The van der Waals surface area contributed by atoms with Crippen molar-refractivity contribution >= 4 is 10.8 Å². The van der Waals surface area contributed by atoms with Gasteiger partial charge < -0.3 is 9.84 Å². The average Bonchev–Trinajstić information content (AvgIpc) is 2.54. The number of hydrogen-bond acceptors (Lipinski definition) is 2. The van der Waals surface area contributed by atoms with Gasteiger partial charge in [-0.25, -0.2) is 0 Å². The lowest BCUT2D eigenvalue weighted by atomic mass is 10.1. The molecule has 0 unspecified atom stereocenters. The molecule has 0 saturated carbocycles. The van der Waals surface area contributed by atoms with Crippen LogP contribution < -0.4 is 4.74 Å². The first-order valence-electron chi connectivity index (χ1n) is 7.16. The molecule has 0 fully saturated rings. The zero-order chi connectivity index (χ0) is 14.5. The van der Waals surface area contributed by atoms with E-state index in [0.717, 1.165) is 11.3 Å². The molecular formula is C19H18O2. The Kier molecular flexibility index (Phi) is 4.17. The van der Waals surface area contributed by atoms with Crippen LogP contribution in [0.4, 0.5) is 0 Å². The quantitative estimate of drug-likeness (QED) is 0.765. The third-order valence-electron chi connectivity index (χ3n) is 3.62. The molecule has 0 aromatic heterocycles. The van der Waals surface area contributed by atoms with E-state index in [2.05, 4.69) is 30.3 Å². The van der Waals surface area contributed by atoms with Crippen molar-refractivity contribution in [1.82, 2.24) is 0 Å². The zero-order valence-corrected chi connectivity index (χ0v) is 11.8. The summed E-state index contributed by atoms with van der Waals surface area (Å²) in [5, 5.41) is 11.6. The van der Waals surface area contributed by atoms with Crippen LogP contribution in [0.1, 0.15) is 11.1 Å². The van der Waals surface area contributed by atoms with Crippen LogP contribution in [0.3, 0.4) is 0 Å². The standard InChI is InChI=1S/C19H18O2/c20-13-12-16-7-2-4-11-19(16)21-14-17-9-5-8-15-6-1-3-10-18(15)17/h1-11,20H,12-14H2. The molecule has 0 aliphatic carbocycles. The molecule has 3 aromatic carbocycles. The summed E-state index contributed by atoms with van der Waals surface area (Å²) in [5.74, 6) is 0.847. The van der Waals surface area contributed by atoms with Gasteiger partial charge in [-0.1, -0.05) is 60.7 Å². The summed E-state index contributed by atoms with van der Waals surface area (Å²) in [7, 11) is 0. The van der Waals surface area contributed by atoms with Gasteiger partial charge in [0.15, 0.2) is 0 Å². The van der Waals surface area contributed by atoms with Crippen LogP contribution in [0, 0.1) is 0 Å². The molecule has 2 heteroatoms. The molecule has 0 bridgehead atoms. The van der Waals surface area contributed by atoms with Gasteiger partial charge in [0.05, 0.1) is 0 Å². The molecular weight excluding hydrogens is 260 g/mol. The minimum Gasteiger partial charge on any atom is -0.489 e. The smallest absolute Gasteiger partial charge is 0.123 e. The van der Waals surface area contributed by atoms with Crippen molar-refractivity contribution in [2.45, 2.75) is 13.0 Å². The van der Waals surface area contributed by atoms with Gasteiger partial charge in [-0.2, -0.15) is 0 Å². The maximum Gasteiger partial charge on any atom is 0.123 e. The Balaban J connectivity index is 1.84. The fourth-order valence-electron chi connectivity index (χ4n) is 2.55. The molecule has 0 radical (unpaired) electrons. The number of hydrogen-bond donors (Lipinski definition) is 1. The first-order valence-corrected chi connectivity index (χ1v) is 7.16. The molecule has 0 atom stereocenters. The Hall–Kier alpha value is -2.32.